The molecule has 4 nitrogen and oxygen atoms in total. The summed E-state index contributed by atoms with van der Waals surface area (Å²) in [5.41, 5.74) is 0. The Morgan fingerprint density at radius 1 is 1.35 bits per heavy atom. The quantitative estimate of drug-likeness (QED) is 0.802. The number of nitrogens with zero attached hydrogens (tertiary/aromatic N) is 1. The number of hydrogen-bond donors (Lipinski definition) is 1. The molecule has 0 aromatic rings. The Bertz CT molecular complexity index is 323. The molecule has 1 saturated heterocycles. The first-order valence-electron chi connectivity index (χ1n) is 6.59. The molecule has 1 heterocycles. The van der Waals surface area contributed by atoms with Crippen molar-refractivity contribution in [2.75, 3.05) is 6.54 Å². The maximum atomic E-state index is 12.4. The van der Waals surface area contributed by atoms with Crippen molar-refractivity contribution in [2.45, 2.75) is 52.1 Å². The van der Waals surface area contributed by atoms with Gasteiger partial charge in [0.05, 0.1) is 0 Å². The second-order valence-electron chi connectivity index (χ2n) is 5.82. The molecule has 0 aromatic carbocycles. The predicted octanol–water partition coefficient (Wildman–Crippen LogP) is 1.16. The number of rotatable bonds is 3. The molecular formula is C13H22N2O2. The molecule has 1 N–H and O–H groups in total. The summed E-state index contributed by atoms with van der Waals surface area (Å²) >= 11 is 0. The zero-order chi connectivity index (χ0) is 12.6. The van der Waals surface area contributed by atoms with Crippen molar-refractivity contribution < 1.29 is 9.59 Å². The van der Waals surface area contributed by atoms with Crippen molar-refractivity contribution in [1.82, 2.24) is 10.2 Å². The summed E-state index contributed by atoms with van der Waals surface area (Å²) in [7, 11) is 0. The minimum absolute atomic E-state index is 0.0219. The lowest BCUT2D eigenvalue weighted by Gasteiger charge is -2.30. The molecule has 0 spiro atoms. The van der Waals surface area contributed by atoms with Crippen LogP contribution in [0.4, 0.5) is 0 Å². The summed E-state index contributed by atoms with van der Waals surface area (Å²) in [6.07, 6.45) is 2.57. The van der Waals surface area contributed by atoms with E-state index in [9.17, 15) is 9.59 Å². The monoisotopic (exact) mass is 238 g/mol. The third-order valence-corrected chi connectivity index (χ3v) is 3.53. The standard InChI is InChI=1S/C13H22N2O2/c1-8(2)7-15-9(3)6-11(16)14-12(13(15)17)10-4-5-10/h8-10,12H,4-7H2,1-3H3,(H,14,16). The summed E-state index contributed by atoms with van der Waals surface area (Å²) in [5.74, 6) is 0.967. The Kier molecular flexibility index (Phi) is 3.40. The van der Waals surface area contributed by atoms with Crippen LogP contribution >= 0.6 is 0 Å². The molecule has 2 unspecified atom stereocenters. The van der Waals surface area contributed by atoms with Gasteiger partial charge < -0.3 is 10.2 Å². The Labute approximate surface area is 103 Å². The predicted molar refractivity (Wildman–Crippen MR) is 65.3 cm³/mol. The van der Waals surface area contributed by atoms with Crippen LogP contribution in [0.1, 0.15) is 40.0 Å². The Morgan fingerprint density at radius 2 is 2.00 bits per heavy atom. The van der Waals surface area contributed by atoms with E-state index >= 15 is 0 Å². The van der Waals surface area contributed by atoms with Gasteiger partial charge in [-0.2, -0.15) is 0 Å². The van der Waals surface area contributed by atoms with Gasteiger partial charge in [0, 0.05) is 19.0 Å². The Morgan fingerprint density at radius 3 is 2.53 bits per heavy atom. The topological polar surface area (TPSA) is 49.4 Å². The van der Waals surface area contributed by atoms with Gasteiger partial charge in [0.1, 0.15) is 6.04 Å². The smallest absolute Gasteiger partial charge is 0.245 e. The lowest BCUT2D eigenvalue weighted by atomic mass is 10.1. The van der Waals surface area contributed by atoms with Crippen molar-refractivity contribution >= 4 is 11.8 Å². The zero-order valence-electron chi connectivity index (χ0n) is 10.9. The maximum Gasteiger partial charge on any atom is 0.245 e. The van der Waals surface area contributed by atoms with Crippen LogP contribution in [0.25, 0.3) is 0 Å². The first-order valence-corrected chi connectivity index (χ1v) is 6.59. The van der Waals surface area contributed by atoms with Gasteiger partial charge in [0.15, 0.2) is 0 Å². The summed E-state index contributed by atoms with van der Waals surface area (Å²) < 4.78 is 0. The summed E-state index contributed by atoms with van der Waals surface area (Å²) in [6, 6.07) is -0.236. The van der Waals surface area contributed by atoms with Crippen molar-refractivity contribution in [3.8, 4) is 0 Å². The normalized spacial score (nSPS) is 30.5. The third kappa shape index (κ3) is 2.79. The van der Waals surface area contributed by atoms with E-state index in [1.165, 1.54) is 0 Å². The van der Waals surface area contributed by atoms with Crippen molar-refractivity contribution in [3.63, 3.8) is 0 Å². The lowest BCUT2D eigenvalue weighted by molar-refractivity contribution is -0.136. The molecule has 2 fully saturated rings. The van der Waals surface area contributed by atoms with Crippen LogP contribution in [0.15, 0.2) is 0 Å². The largest absolute Gasteiger partial charge is 0.344 e. The van der Waals surface area contributed by atoms with Gasteiger partial charge in [-0.25, -0.2) is 0 Å². The minimum Gasteiger partial charge on any atom is -0.344 e. The highest BCUT2D eigenvalue weighted by Crippen LogP contribution is 2.34. The van der Waals surface area contributed by atoms with Gasteiger partial charge in [0.25, 0.3) is 0 Å². The first-order chi connectivity index (χ1) is 7.99. The molecule has 4 heteroatoms. The minimum atomic E-state index is -0.258. The average molecular weight is 238 g/mol. The van der Waals surface area contributed by atoms with Crippen LogP contribution in [-0.4, -0.2) is 35.3 Å². The fourth-order valence-corrected chi connectivity index (χ4v) is 2.48. The summed E-state index contributed by atoms with van der Waals surface area (Å²) in [4.78, 5) is 26.0. The van der Waals surface area contributed by atoms with Gasteiger partial charge in [-0.3, -0.25) is 9.59 Å². The zero-order valence-corrected chi connectivity index (χ0v) is 10.9. The molecule has 17 heavy (non-hydrogen) atoms. The van der Waals surface area contributed by atoms with E-state index in [0.29, 0.717) is 18.3 Å². The highest BCUT2D eigenvalue weighted by Gasteiger charge is 2.42. The Hall–Kier alpha value is -1.06. The summed E-state index contributed by atoms with van der Waals surface area (Å²) in [5, 5.41) is 2.89. The number of carbonyl (C=O) groups excluding carboxylic acids is 2. The van der Waals surface area contributed by atoms with E-state index in [0.717, 1.165) is 19.4 Å². The van der Waals surface area contributed by atoms with Gasteiger partial charge in [0.2, 0.25) is 11.8 Å². The molecule has 0 aromatic heterocycles. The molecule has 2 amide bonds. The van der Waals surface area contributed by atoms with E-state index in [2.05, 4.69) is 19.2 Å². The van der Waals surface area contributed by atoms with Crippen LogP contribution < -0.4 is 5.32 Å². The van der Waals surface area contributed by atoms with Crippen LogP contribution in [0.3, 0.4) is 0 Å². The third-order valence-electron chi connectivity index (χ3n) is 3.53. The SMILES string of the molecule is CC(C)CN1C(=O)C(C2CC2)NC(=O)CC1C. The van der Waals surface area contributed by atoms with Gasteiger partial charge in [-0.05, 0) is 31.6 Å². The van der Waals surface area contributed by atoms with Crippen molar-refractivity contribution in [1.29, 1.82) is 0 Å². The van der Waals surface area contributed by atoms with E-state index in [-0.39, 0.29) is 23.9 Å². The molecule has 0 radical (unpaired) electrons. The van der Waals surface area contributed by atoms with Crippen LogP contribution in [-0.2, 0) is 9.59 Å². The van der Waals surface area contributed by atoms with E-state index in [1.54, 1.807) is 0 Å². The second-order valence-corrected chi connectivity index (χ2v) is 5.82. The molecule has 1 aliphatic carbocycles. The van der Waals surface area contributed by atoms with E-state index in [1.807, 2.05) is 11.8 Å². The van der Waals surface area contributed by atoms with E-state index in [4.69, 9.17) is 0 Å². The molecule has 2 atom stereocenters. The van der Waals surface area contributed by atoms with Gasteiger partial charge in [-0.1, -0.05) is 13.8 Å². The first kappa shape index (κ1) is 12.4. The van der Waals surface area contributed by atoms with Crippen LogP contribution in [0, 0.1) is 11.8 Å². The number of nitrogens with one attached hydrogen (secondary N) is 1. The molecule has 2 aliphatic rings. The molecule has 0 bridgehead atoms. The number of amides is 2. The number of carbonyl (C=O) groups is 2. The molecule has 1 aliphatic heterocycles. The Balaban J connectivity index is 2.15. The summed E-state index contributed by atoms with van der Waals surface area (Å²) in [6.45, 7) is 6.92. The van der Waals surface area contributed by atoms with Gasteiger partial charge in [-0.15, -0.1) is 0 Å². The molecule has 1 saturated carbocycles. The lowest BCUT2D eigenvalue weighted by Crippen LogP contribution is -2.48. The van der Waals surface area contributed by atoms with Gasteiger partial charge >= 0.3 is 0 Å². The van der Waals surface area contributed by atoms with Crippen LogP contribution in [0.5, 0.6) is 0 Å². The molecule has 2 rings (SSSR count). The molecule has 96 valence electrons. The highest BCUT2D eigenvalue weighted by molar-refractivity contribution is 5.91. The average Bonchev–Trinajstić information content (AvgIpc) is 3.03. The fourth-order valence-electron chi connectivity index (χ4n) is 2.48. The second kappa shape index (κ2) is 4.67. The fraction of sp³-hybridized carbons (Fsp3) is 0.846. The van der Waals surface area contributed by atoms with Crippen LogP contribution in [0.2, 0.25) is 0 Å². The maximum absolute atomic E-state index is 12.4. The molecular weight excluding hydrogens is 216 g/mol. The number of hydrogen-bond acceptors (Lipinski definition) is 2. The highest BCUT2D eigenvalue weighted by atomic mass is 16.2. The van der Waals surface area contributed by atoms with Crippen molar-refractivity contribution in [3.05, 3.63) is 0 Å². The van der Waals surface area contributed by atoms with E-state index < -0.39 is 0 Å². The van der Waals surface area contributed by atoms with Crippen molar-refractivity contribution in [2.24, 2.45) is 11.8 Å².